The van der Waals surface area contributed by atoms with E-state index in [1.165, 1.54) is 62.9 Å². The van der Waals surface area contributed by atoms with E-state index < -0.39 is 0 Å². The summed E-state index contributed by atoms with van der Waals surface area (Å²) >= 11 is 0. The molecule has 23 heavy (non-hydrogen) atoms. The maximum atomic E-state index is 13.0. The van der Waals surface area contributed by atoms with Gasteiger partial charge in [0, 0.05) is 0 Å². The lowest BCUT2D eigenvalue weighted by atomic mass is 9.89. The fourth-order valence-corrected chi connectivity index (χ4v) is 3.53. The number of unbranched alkanes of at least 4 members (excludes halogenated alkanes) is 1. The van der Waals surface area contributed by atoms with Gasteiger partial charge in [-0.05, 0) is 80.9 Å². The molecule has 0 radical (unpaired) electrons. The van der Waals surface area contributed by atoms with Gasteiger partial charge in [0.15, 0.2) is 0 Å². The number of likely N-dealkylation sites (tertiary alicyclic amines) is 1. The van der Waals surface area contributed by atoms with Crippen molar-refractivity contribution < 1.29 is 4.39 Å². The fourth-order valence-electron chi connectivity index (χ4n) is 3.53. The molecule has 2 heteroatoms. The average molecular weight is 311 g/mol. The Morgan fingerprint density at radius 2 is 1.57 bits per heavy atom. The minimum Gasteiger partial charge on any atom is -0.303 e. The summed E-state index contributed by atoms with van der Waals surface area (Å²) in [7, 11) is 0. The quantitative estimate of drug-likeness (QED) is 0.676. The van der Waals surface area contributed by atoms with Crippen LogP contribution in [0.25, 0.3) is 0 Å². The zero-order valence-electron chi connectivity index (χ0n) is 13.8. The number of piperidine rings is 1. The lowest BCUT2D eigenvalue weighted by molar-refractivity contribution is 0.209. The predicted octanol–water partition coefficient (Wildman–Crippen LogP) is 5.03. The average Bonchev–Trinajstić information content (AvgIpc) is 2.61. The molecule has 1 heterocycles. The Hall–Kier alpha value is -1.67. The van der Waals surface area contributed by atoms with Gasteiger partial charge in [-0.3, -0.25) is 0 Å². The molecule has 0 atom stereocenters. The van der Waals surface area contributed by atoms with Gasteiger partial charge in [-0.1, -0.05) is 42.5 Å². The van der Waals surface area contributed by atoms with Gasteiger partial charge in [0.1, 0.15) is 5.82 Å². The van der Waals surface area contributed by atoms with Crippen molar-refractivity contribution in [3.63, 3.8) is 0 Å². The van der Waals surface area contributed by atoms with Gasteiger partial charge in [-0.2, -0.15) is 0 Å². The molecule has 0 unspecified atom stereocenters. The highest BCUT2D eigenvalue weighted by Crippen LogP contribution is 2.28. The molecule has 3 rings (SSSR count). The van der Waals surface area contributed by atoms with Crippen LogP contribution in [0.4, 0.5) is 4.39 Å². The Bertz CT molecular complexity index is 571. The molecule has 0 aliphatic carbocycles. The van der Waals surface area contributed by atoms with Crippen LogP contribution < -0.4 is 0 Å². The first-order valence-corrected chi connectivity index (χ1v) is 8.83. The highest BCUT2D eigenvalue weighted by Gasteiger charge is 2.20. The fraction of sp³-hybridized carbons (Fsp3) is 0.429. The van der Waals surface area contributed by atoms with Crippen molar-refractivity contribution in [3.8, 4) is 0 Å². The summed E-state index contributed by atoms with van der Waals surface area (Å²) in [4.78, 5) is 2.59. The monoisotopic (exact) mass is 311 g/mol. The molecule has 0 bridgehead atoms. The van der Waals surface area contributed by atoms with Gasteiger partial charge in [0.05, 0.1) is 0 Å². The van der Waals surface area contributed by atoms with Crippen LogP contribution >= 0.6 is 0 Å². The van der Waals surface area contributed by atoms with Gasteiger partial charge < -0.3 is 4.90 Å². The number of aryl methyl sites for hydroxylation is 1. The van der Waals surface area contributed by atoms with E-state index in [1.807, 2.05) is 12.1 Å². The predicted molar refractivity (Wildman–Crippen MR) is 94.2 cm³/mol. The van der Waals surface area contributed by atoms with Crippen molar-refractivity contribution in [2.24, 2.45) is 0 Å². The van der Waals surface area contributed by atoms with Crippen molar-refractivity contribution in [2.45, 2.75) is 38.0 Å². The SMILES string of the molecule is Fc1ccc(C2CCN(CCCCc3ccccc3)CC2)cc1. The van der Waals surface area contributed by atoms with Crippen LogP contribution in [-0.4, -0.2) is 24.5 Å². The Morgan fingerprint density at radius 1 is 0.870 bits per heavy atom. The molecular weight excluding hydrogens is 285 g/mol. The Balaban J connectivity index is 1.35. The molecule has 0 N–H and O–H groups in total. The standard InChI is InChI=1S/C21H26FN/c22-21-11-9-19(10-12-21)20-13-16-23(17-14-20)15-5-4-8-18-6-2-1-3-7-18/h1-3,6-7,9-12,20H,4-5,8,13-17H2. The number of hydrogen-bond donors (Lipinski definition) is 0. The molecule has 1 fully saturated rings. The molecule has 0 spiro atoms. The third kappa shape index (κ3) is 4.90. The van der Waals surface area contributed by atoms with E-state index in [9.17, 15) is 4.39 Å². The van der Waals surface area contributed by atoms with Gasteiger partial charge >= 0.3 is 0 Å². The summed E-state index contributed by atoms with van der Waals surface area (Å²) in [5.74, 6) is 0.473. The lowest BCUT2D eigenvalue weighted by Crippen LogP contribution is -2.33. The molecule has 1 aliphatic rings. The smallest absolute Gasteiger partial charge is 0.123 e. The van der Waals surface area contributed by atoms with Crippen molar-refractivity contribution in [1.29, 1.82) is 0 Å². The molecule has 0 amide bonds. The third-order valence-electron chi connectivity index (χ3n) is 4.96. The number of hydrogen-bond acceptors (Lipinski definition) is 1. The minimum absolute atomic E-state index is 0.135. The lowest BCUT2D eigenvalue weighted by Gasteiger charge is -2.32. The normalized spacial score (nSPS) is 16.6. The highest BCUT2D eigenvalue weighted by atomic mass is 19.1. The summed E-state index contributed by atoms with van der Waals surface area (Å²) < 4.78 is 13.0. The summed E-state index contributed by atoms with van der Waals surface area (Å²) in [6.07, 6.45) is 6.12. The van der Waals surface area contributed by atoms with Crippen molar-refractivity contribution in [1.82, 2.24) is 4.90 Å². The molecule has 0 aromatic heterocycles. The largest absolute Gasteiger partial charge is 0.303 e. The van der Waals surface area contributed by atoms with Crippen LogP contribution in [0.3, 0.4) is 0 Å². The van der Waals surface area contributed by atoms with Crippen LogP contribution in [-0.2, 0) is 6.42 Å². The topological polar surface area (TPSA) is 3.24 Å². The summed E-state index contributed by atoms with van der Waals surface area (Å²) in [6.45, 7) is 3.56. The number of halogens is 1. The second-order valence-corrected chi connectivity index (χ2v) is 6.61. The van der Waals surface area contributed by atoms with Crippen molar-refractivity contribution in [3.05, 3.63) is 71.5 Å². The molecule has 1 saturated heterocycles. The van der Waals surface area contributed by atoms with Gasteiger partial charge in [-0.25, -0.2) is 4.39 Å². The molecule has 0 saturated carbocycles. The van der Waals surface area contributed by atoms with E-state index >= 15 is 0 Å². The first-order valence-electron chi connectivity index (χ1n) is 8.83. The van der Waals surface area contributed by atoms with Gasteiger partial charge in [0.25, 0.3) is 0 Å². The number of nitrogens with zero attached hydrogens (tertiary/aromatic N) is 1. The summed E-state index contributed by atoms with van der Waals surface area (Å²) in [5, 5.41) is 0. The van der Waals surface area contributed by atoms with E-state index in [4.69, 9.17) is 0 Å². The second-order valence-electron chi connectivity index (χ2n) is 6.61. The van der Waals surface area contributed by atoms with E-state index in [2.05, 4.69) is 35.2 Å². The molecule has 1 aliphatic heterocycles. The van der Waals surface area contributed by atoms with E-state index in [0.29, 0.717) is 5.92 Å². The Morgan fingerprint density at radius 3 is 2.26 bits per heavy atom. The minimum atomic E-state index is -0.135. The maximum Gasteiger partial charge on any atom is 0.123 e. The van der Waals surface area contributed by atoms with Crippen LogP contribution in [0.1, 0.15) is 42.7 Å². The van der Waals surface area contributed by atoms with Gasteiger partial charge in [0.2, 0.25) is 0 Å². The summed E-state index contributed by atoms with van der Waals surface area (Å²) in [5.41, 5.74) is 2.75. The van der Waals surface area contributed by atoms with Gasteiger partial charge in [-0.15, -0.1) is 0 Å². The molecule has 2 aromatic rings. The first kappa shape index (κ1) is 16.2. The molecular formula is C21H26FN. The van der Waals surface area contributed by atoms with E-state index in [-0.39, 0.29) is 5.82 Å². The molecule has 2 aromatic carbocycles. The van der Waals surface area contributed by atoms with Crippen molar-refractivity contribution in [2.75, 3.05) is 19.6 Å². The molecule has 1 nitrogen and oxygen atoms in total. The van der Waals surface area contributed by atoms with Crippen LogP contribution in [0.15, 0.2) is 54.6 Å². The van der Waals surface area contributed by atoms with E-state index in [0.717, 1.165) is 0 Å². The third-order valence-corrected chi connectivity index (χ3v) is 4.96. The Kier molecular flexibility index (Phi) is 5.82. The zero-order valence-corrected chi connectivity index (χ0v) is 13.8. The number of benzene rings is 2. The highest BCUT2D eigenvalue weighted by molar-refractivity contribution is 5.21. The molecule has 122 valence electrons. The Labute approximate surface area is 139 Å². The van der Waals surface area contributed by atoms with Crippen LogP contribution in [0, 0.1) is 5.82 Å². The zero-order chi connectivity index (χ0) is 15.9. The summed E-state index contributed by atoms with van der Waals surface area (Å²) in [6, 6.07) is 17.8. The van der Waals surface area contributed by atoms with Crippen molar-refractivity contribution >= 4 is 0 Å². The first-order chi connectivity index (χ1) is 11.3. The second kappa shape index (κ2) is 8.26. The maximum absolute atomic E-state index is 13.0. The van der Waals surface area contributed by atoms with E-state index in [1.54, 1.807) is 12.1 Å². The number of rotatable bonds is 6. The van der Waals surface area contributed by atoms with Crippen LogP contribution in [0.5, 0.6) is 0 Å². The van der Waals surface area contributed by atoms with Crippen LogP contribution in [0.2, 0.25) is 0 Å².